The van der Waals surface area contributed by atoms with Crippen LogP contribution in [0.2, 0.25) is 0 Å². The van der Waals surface area contributed by atoms with Crippen molar-refractivity contribution in [2.24, 2.45) is 0 Å². The highest BCUT2D eigenvalue weighted by molar-refractivity contribution is 14.1. The van der Waals surface area contributed by atoms with E-state index < -0.39 is 10.1 Å². The normalized spacial score (nSPS) is 11.3. The predicted octanol–water partition coefficient (Wildman–Crippen LogP) is 2.39. The molecule has 0 aliphatic carbocycles. The number of hydrogen-bond donors (Lipinski definition) is 0. The summed E-state index contributed by atoms with van der Waals surface area (Å²) in [4.78, 5) is 0. The third kappa shape index (κ3) is 3.82. The molecule has 0 aliphatic rings. The van der Waals surface area contributed by atoms with E-state index in [9.17, 15) is 8.42 Å². The van der Waals surface area contributed by atoms with Crippen LogP contribution in [0.1, 0.15) is 0 Å². The zero-order valence-corrected chi connectivity index (χ0v) is 11.2. The highest BCUT2D eigenvalue weighted by atomic mass is 127. The van der Waals surface area contributed by atoms with Gasteiger partial charge in [0.1, 0.15) is 0 Å². The lowest BCUT2D eigenvalue weighted by molar-refractivity contribution is 0.491. The van der Waals surface area contributed by atoms with Crippen LogP contribution < -0.4 is 4.18 Å². The molecule has 13 heavy (non-hydrogen) atoms. The Morgan fingerprint density at radius 3 is 2.54 bits per heavy atom. The van der Waals surface area contributed by atoms with Crippen molar-refractivity contribution < 1.29 is 12.6 Å². The zero-order valence-electron chi connectivity index (χ0n) is 6.62. The molecule has 0 N–H and O–H groups in total. The summed E-state index contributed by atoms with van der Waals surface area (Å²) in [5, 5.41) is 0. The summed E-state index contributed by atoms with van der Waals surface area (Å²) >= 11 is 5.27. The van der Waals surface area contributed by atoms with Crippen molar-refractivity contribution in [3.63, 3.8) is 0 Å². The second-order valence-electron chi connectivity index (χ2n) is 2.36. The monoisotopic (exact) mass is 376 g/mol. The average Bonchev–Trinajstić information content (AvgIpc) is 1.93. The van der Waals surface area contributed by atoms with Crippen LogP contribution in [0.4, 0.5) is 0 Å². The molecule has 0 saturated heterocycles. The Labute approximate surface area is 98.9 Å². The summed E-state index contributed by atoms with van der Waals surface area (Å²) < 4.78 is 28.0. The Balaban J connectivity index is 3.04. The van der Waals surface area contributed by atoms with Gasteiger partial charge in [0.15, 0.2) is 5.75 Å². The lowest BCUT2D eigenvalue weighted by Crippen LogP contribution is -2.06. The minimum Gasteiger partial charge on any atom is -0.381 e. The van der Waals surface area contributed by atoms with Crippen LogP contribution in [-0.2, 0) is 10.1 Å². The van der Waals surface area contributed by atoms with Gasteiger partial charge in [-0.1, -0.05) is 15.9 Å². The van der Waals surface area contributed by atoms with Gasteiger partial charge >= 0.3 is 10.1 Å². The Morgan fingerprint density at radius 2 is 2.08 bits per heavy atom. The van der Waals surface area contributed by atoms with Crippen molar-refractivity contribution in [1.29, 1.82) is 0 Å². The Kier molecular flexibility index (Phi) is 3.58. The topological polar surface area (TPSA) is 43.4 Å². The van der Waals surface area contributed by atoms with Gasteiger partial charge in [0.2, 0.25) is 0 Å². The molecule has 0 spiro atoms. The average molecular weight is 377 g/mol. The molecule has 0 radical (unpaired) electrons. The first-order valence-electron chi connectivity index (χ1n) is 3.23. The lowest BCUT2D eigenvalue weighted by Gasteiger charge is -2.04. The van der Waals surface area contributed by atoms with E-state index in [2.05, 4.69) is 15.9 Å². The molecular weight excluding hydrogens is 371 g/mol. The predicted molar refractivity (Wildman–Crippen MR) is 62.3 cm³/mol. The first-order valence-corrected chi connectivity index (χ1v) is 6.92. The number of benzene rings is 1. The maximum absolute atomic E-state index is 10.8. The van der Waals surface area contributed by atoms with Crippen molar-refractivity contribution in [3.05, 3.63) is 26.2 Å². The van der Waals surface area contributed by atoms with Gasteiger partial charge in [-0.05, 0) is 40.8 Å². The summed E-state index contributed by atoms with van der Waals surface area (Å²) in [7, 11) is -3.43. The molecule has 6 heteroatoms. The third-order valence-electron chi connectivity index (χ3n) is 1.14. The summed E-state index contributed by atoms with van der Waals surface area (Å²) in [6.45, 7) is 0. The molecule has 0 heterocycles. The van der Waals surface area contributed by atoms with Crippen LogP contribution in [0.15, 0.2) is 22.7 Å². The Morgan fingerprint density at radius 1 is 1.46 bits per heavy atom. The fourth-order valence-electron chi connectivity index (χ4n) is 0.706. The van der Waals surface area contributed by atoms with Crippen LogP contribution in [0.25, 0.3) is 0 Å². The van der Waals surface area contributed by atoms with Gasteiger partial charge in [-0.3, -0.25) is 0 Å². The Bertz CT molecular complexity index is 416. The fourth-order valence-corrected chi connectivity index (χ4v) is 2.74. The molecular formula is C7H6BrIO3S. The van der Waals surface area contributed by atoms with Crippen molar-refractivity contribution in [2.75, 3.05) is 6.26 Å². The number of rotatable bonds is 2. The van der Waals surface area contributed by atoms with Gasteiger partial charge in [0.05, 0.1) is 9.83 Å². The summed E-state index contributed by atoms with van der Waals surface area (Å²) in [5.74, 6) is 0.353. The molecule has 0 aliphatic heterocycles. The fraction of sp³-hybridized carbons (Fsp3) is 0.143. The third-order valence-corrected chi connectivity index (χ3v) is 2.95. The van der Waals surface area contributed by atoms with Gasteiger partial charge in [-0.15, -0.1) is 0 Å². The molecule has 1 aromatic carbocycles. The number of halogens is 2. The summed E-state index contributed by atoms with van der Waals surface area (Å²) in [6, 6.07) is 5.11. The maximum atomic E-state index is 10.8. The van der Waals surface area contributed by atoms with Gasteiger partial charge in [-0.2, -0.15) is 8.42 Å². The standard InChI is InChI=1S/C7H6BrIO3S/c1-13(10,11)12-7-3-2-5(8)4-6(7)9/h2-4H,1H3. The minimum absolute atomic E-state index is 0.353. The Hall–Kier alpha value is 0.180. The van der Waals surface area contributed by atoms with Crippen LogP contribution in [0, 0.1) is 3.57 Å². The molecule has 0 amide bonds. The van der Waals surface area contributed by atoms with E-state index in [1.807, 2.05) is 22.6 Å². The molecule has 0 fully saturated rings. The van der Waals surface area contributed by atoms with Crippen LogP contribution in [0.3, 0.4) is 0 Å². The zero-order chi connectivity index (χ0) is 10.1. The van der Waals surface area contributed by atoms with E-state index >= 15 is 0 Å². The molecule has 0 unspecified atom stereocenters. The molecule has 3 nitrogen and oxygen atoms in total. The molecule has 0 atom stereocenters. The van der Waals surface area contributed by atoms with E-state index in [0.29, 0.717) is 5.75 Å². The van der Waals surface area contributed by atoms with E-state index in [1.54, 1.807) is 18.2 Å². The van der Waals surface area contributed by atoms with Crippen molar-refractivity contribution in [1.82, 2.24) is 0 Å². The smallest absolute Gasteiger partial charge is 0.306 e. The van der Waals surface area contributed by atoms with Gasteiger partial charge in [0, 0.05) is 4.47 Å². The molecule has 0 saturated carbocycles. The number of hydrogen-bond acceptors (Lipinski definition) is 3. The van der Waals surface area contributed by atoms with E-state index in [1.165, 1.54) is 0 Å². The van der Waals surface area contributed by atoms with Gasteiger partial charge in [0.25, 0.3) is 0 Å². The van der Waals surface area contributed by atoms with Crippen molar-refractivity contribution in [2.45, 2.75) is 0 Å². The quantitative estimate of drug-likeness (QED) is 0.588. The molecule has 1 rings (SSSR count). The van der Waals surface area contributed by atoms with E-state index in [0.717, 1.165) is 14.3 Å². The van der Waals surface area contributed by atoms with Crippen molar-refractivity contribution in [3.8, 4) is 5.75 Å². The highest BCUT2D eigenvalue weighted by Gasteiger charge is 2.07. The summed E-state index contributed by atoms with van der Waals surface area (Å²) in [6.07, 6.45) is 1.02. The van der Waals surface area contributed by atoms with Crippen molar-refractivity contribution >= 4 is 48.6 Å². The SMILES string of the molecule is CS(=O)(=O)Oc1ccc(Br)cc1I. The molecule has 0 aromatic heterocycles. The second-order valence-corrected chi connectivity index (χ2v) is 6.01. The van der Waals surface area contributed by atoms with Gasteiger partial charge in [-0.25, -0.2) is 0 Å². The summed E-state index contributed by atoms with van der Waals surface area (Å²) in [5.41, 5.74) is 0. The molecule has 0 bridgehead atoms. The van der Waals surface area contributed by atoms with Crippen LogP contribution >= 0.6 is 38.5 Å². The second kappa shape index (κ2) is 4.14. The van der Waals surface area contributed by atoms with Crippen LogP contribution in [-0.4, -0.2) is 14.7 Å². The van der Waals surface area contributed by atoms with Crippen LogP contribution in [0.5, 0.6) is 5.75 Å². The first-order chi connectivity index (χ1) is 5.88. The van der Waals surface area contributed by atoms with E-state index in [-0.39, 0.29) is 0 Å². The largest absolute Gasteiger partial charge is 0.381 e. The molecule has 1 aromatic rings. The lowest BCUT2D eigenvalue weighted by atomic mass is 10.3. The molecule has 72 valence electrons. The highest BCUT2D eigenvalue weighted by Crippen LogP contribution is 2.25. The van der Waals surface area contributed by atoms with E-state index in [4.69, 9.17) is 4.18 Å². The first kappa shape index (κ1) is 11.3. The van der Waals surface area contributed by atoms with Gasteiger partial charge < -0.3 is 4.18 Å². The minimum atomic E-state index is -3.43. The maximum Gasteiger partial charge on any atom is 0.306 e.